The quantitative estimate of drug-likeness (QED) is 0.367. The molecular weight excluding hydrogens is 486 g/mol. The van der Waals surface area contributed by atoms with Crippen molar-refractivity contribution in [1.82, 2.24) is 18.3 Å². The second-order valence-electron chi connectivity index (χ2n) is 7.81. The van der Waals surface area contributed by atoms with E-state index in [4.69, 9.17) is 11.6 Å². The Hall–Kier alpha value is -3.22. The molecule has 0 bridgehead atoms. The van der Waals surface area contributed by atoms with Gasteiger partial charge in [0, 0.05) is 32.2 Å². The van der Waals surface area contributed by atoms with Gasteiger partial charge in [-0.2, -0.15) is 3.97 Å². The molecule has 1 amide bonds. The first-order chi connectivity index (χ1) is 16.1. The SMILES string of the molecule is CCN1CCN(C(=O)Cn2c(=O)n(S(=O)(=O)c3ccc(Cl)c([N+](=O)[O-])c3)c3ccccc32)CC1. The Morgan fingerprint density at radius 1 is 1.09 bits per heavy atom. The molecule has 1 fully saturated rings. The number of nitro benzene ring substituents is 1. The predicted molar refractivity (Wildman–Crippen MR) is 126 cm³/mol. The average molecular weight is 508 g/mol. The van der Waals surface area contributed by atoms with E-state index < -0.39 is 31.2 Å². The Morgan fingerprint density at radius 3 is 2.35 bits per heavy atom. The third-order valence-corrected chi connectivity index (χ3v) is 7.92. The smallest absolute Gasteiger partial charge is 0.339 e. The molecule has 2 heterocycles. The maximum Gasteiger partial charge on any atom is 0.343 e. The van der Waals surface area contributed by atoms with Gasteiger partial charge in [-0.15, -0.1) is 0 Å². The number of aromatic nitrogens is 2. The number of rotatable bonds is 6. The Bertz CT molecular complexity index is 1440. The van der Waals surface area contributed by atoms with Crippen molar-refractivity contribution in [2.45, 2.75) is 18.4 Å². The second-order valence-corrected chi connectivity index (χ2v) is 10.0. The van der Waals surface area contributed by atoms with Crippen LogP contribution in [0.3, 0.4) is 0 Å². The summed E-state index contributed by atoms with van der Waals surface area (Å²) in [5.41, 5.74) is -1.20. The van der Waals surface area contributed by atoms with Gasteiger partial charge in [0.05, 0.1) is 20.9 Å². The second kappa shape index (κ2) is 9.20. The van der Waals surface area contributed by atoms with Crippen molar-refractivity contribution in [3.8, 4) is 0 Å². The number of nitro groups is 1. The number of hydrogen-bond acceptors (Lipinski definition) is 7. The molecule has 1 aliphatic rings. The minimum absolute atomic E-state index is 0.0636. The molecule has 0 aliphatic carbocycles. The van der Waals surface area contributed by atoms with Crippen LogP contribution in [0.15, 0.2) is 52.2 Å². The highest BCUT2D eigenvalue weighted by atomic mass is 35.5. The van der Waals surface area contributed by atoms with E-state index in [-0.39, 0.29) is 28.5 Å². The number of halogens is 1. The Kier molecular flexibility index (Phi) is 6.47. The number of likely N-dealkylation sites (N-methyl/N-ethyl adjacent to an activating group) is 1. The lowest BCUT2D eigenvalue weighted by Gasteiger charge is -2.34. The van der Waals surface area contributed by atoms with E-state index in [1.54, 1.807) is 23.1 Å². The zero-order chi connectivity index (χ0) is 24.6. The molecule has 0 spiro atoms. The van der Waals surface area contributed by atoms with E-state index in [1.165, 1.54) is 6.07 Å². The minimum Gasteiger partial charge on any atom is -0.339 e. The molecule has 0 saturated carbocycles. The van der Waals surface area contributed by atoms with Crippen LogP contribution < -0.4 is 5.69 Å². The summed E-state index contributed by atoms with van der Waals surface area (Å²) in [6.07, 6.45) is 0. The Labute approximate surface area is 199 Å². The van der Waals surface area contributed by atoms with E-state index in [1.807, 2.05) is 6.92 Å². The summed E-state index contributed by atoms with van der Waals surface area (Å²) >= 11 is 5.81. The summed E-state index contributed by atoms with van der Waals surface area (Å²) in [6, 6.07) is 9.20. The first kappa shape index (κ1) is 23.9. The third-order valence-electron chi connectivity index (χ3n) is 5.91. The van der Waals surface area contributed by atoms with Gasteiger partial charge in [-0.1, -0.05) is 30.7 Å². The van der Waals surface area contributed by atoms with Crippen LogP contribution in [0.2, 0.25) is 5.02 Å². The van der Waals surface area contributed by atoms with Crippen LogP contribution >= 0.6 is 11.6 Å². The van der Waals surface area contributed by atoms with E-state index in [2.05, 4.69) is 4.90 Å². The summed E-state index contributed by atoms with van der Waals surface area (Å²) in [6.45, 7) is 5.09. The van der Waals surface area contributed by atoms with Crippen LogP contribution in [0.5, 0.6) is 0 Å². The zero-order valence-corrected chi connectivity index (χ0v) is 19.8. The van der Waals surface area contributed by atoms with Crippen LogP contribution in [0, 0.1) is 10.1 Å². The molecule has 2 aromatic carbocycles. The molecule has 1 aliphatic heterocycles. The van der Waals surface area contributed by atoms with Crippen molar-refractivity contribution >= 4 is 44.3 Å². The van der Waals surface area contributed by atoms with E-state index in [0.29, 0.717) is 17.1 Å². The van der Waals surface area contributed by atoms with Gasteiger partial charge < -0.3 is 9.80 Å². The Morgan fingerprint density at radius 2 is 1.74 bits per heavy atom. The summed E-state index contributed by atoms with van der Waals surface area (Å²) in [7, 11) is -4.53. The summed E-state index contributed by atoms with van der Waals surface area (Å²) in [5, 5.41) is 11.0. The first-order valence-electron chi connectivity index (χ1n) is 10.5. The predicted octanol–water partition coefficient (Wildman–Crippen LogP) is 1.77. The molecule has 0 unspecified atom stereocenters. The standard InChI is InChI=1S/C21H22ClN5O6S/c1-2-23-9-11-24(12-10-23)20(28)14-25-17-5-3-4-6-18(17)26(21(25)29)34(32,33)15-7-8-16(22)19(13-15)27(30)31/h3-8,13H,2,9-12,14H2,1H3. The largest absolute Gasteiger partial charge is 0.343 e. The average Bonchev–Trinajstić information content (AvgIpc) is 3.10. The number of piperazine rings is 1. The lowest BCUT2D eigenvalue weighted by molar-refractivity contribution is -0.384. The third kappa shape index (κ3) is 4.19. The van der Waals surface area contributed by atoms with Gasteiger partial charge >= 0.3 is 5.69 Å². The number of amides is 1. The molecule has 0 radical (unpaired) electrons. The number of fused-ring (bicyclic) bond motifs is 1. The molecule has 180 valence electrons. The molecule has 0 N–H and O–H groups in total. The molecular formula is C21H22ClN5O6S. The highest BCUT2D eigenvalue weighted by Crippen LogP contribution is 2.29. The molecule has 0 atom stereocenters. The van der Waals surface area contributed by atoms with E-state index in [9.17, 15) is 28.1 Å². The number of benzene rings is 2. The maximum atomic E-state index is 13.4. The normalized spacial score (nSPS) is 15.1. The molecule has 3 aromatic rings. The van der Waals surface area contributed by atoms with Crippen LogP contribution in [-0.2, 0) is 21.4 Å². The zero-order valence-electron chi connectivity index (χ0n) is 18.3. The summed E-state index contributed by atoms with van der Waals surface area (Å²) in [4.78, 5) is 40.1. The van der Waals surface area contributed by atoms with E-state index >= 15 is 0 Å². The van der Waals surface area contributed by atoms with Crippen molar-refractivity contribution in [2.75, 3.05) is 32.7 Å². The number of nitrogens with zero attached hydrogens (tertiary/aromatic N) is 5. The van der Waals surface area contributed by atoms with Crippen molar-refractivity contribution in [3.63, 3.8) is 0 Å². The fourth-order valence-electron chi connectivity index (χ4n) is 4.01. The molecule has 1 saturated heterocycles. The maximum absolute atomic E-state index is 13.4. The lowest BCUT2D eigenvalue weighted by Crippen LogP contribution is -2.49. The van der Waals surface area contributed by atoms with Crippen molar-refractivity contribution < 1.29 is 18.1 Å². The van der Waals surface area contributed by atoms with E-state index in [0.717, 1.165) is 42.4 Å². The molecule has 4 rings (SSSR count). The van der Waals surface area contributed by atoms with Gasteiger partial charge in [0.15, 0.2) is 0 Å². The topological polar surface area (TPSA) is 128 Å². The number of carbonyl (C=O) groups excluding carboxylic acids is 1. The highest BCUT2D eigenvalue weighted by Gasteiger charge is 2.29. The summed E-state index contributed by atoms with van der Waals surface area (Å²) < 4.78 is 28.5. The number of hydrogen-bond donors (Lipinski definition) is 0. The fraction of sp³-hybridized carbons (Fsp3) is 0.333. The lowest BCUT2D eigenvalue weighted by atomic mass is 10.3. The monoisotopic (exact) mass is 507 g/mol. The number of para-hydroxylation sites is 2. The van der Waals surface area contributed by atoms with Crippen molar-refractivity contribution in [2.24, 2.45) is 0 Å². The number of imidazole rings is 1. The van der Waals surface area contributed by atoms with Crippen LogP contribution in [0.25, 0.3) is 11.0 Å². The molecule has 1 aromatic heterocycles. The van der Waals surface area contributed by atoms with Crippen molar-refractivity contribution in [1.29, 1.82) is 0 Å². The summed E-state index contributed by atoms with van der Waals surface area (Å²) in [5.74, 6) is -0.291. The van der Waals surface area contributed by atoms with Gasteiger partial charge in [0.25, 0.3) is 15.7 Å². The molecule has 34 heavy (non-hydrogen) atoms. The van der Waals surface area contributed by atoms with Crippen molar-refractivity contribution in [3.05, 3.63) is 68.1 Å². The van der Waals surface area contributed by atoms with Gasteiger partial charge in [-0.25, -0.2) is 13.2 Å². The number of carbonyl (C=O) groups is 1. The Balaban J connectivity index is 1.77. The van der Waals surface area contributed by atoms with Crippen LogP contribution in [0.4, 0.5) is 5.69 Å². The molecule has 13 heteroatoms. The van der Waals surface area contributed by atoms with Gasteiger partial charge in [-0.3, -0.25) is 19.5 Å². The van der Waals surface area contributed by atoms with Gasteiger partial charge in [-0.05, 0) is 30.8 Å². The van der Waals surface area contributed by atoms with Gasteiger partial charge in [0.1, 0.15) is 11.6 Å². The fourth-order valence-corrected chi connectivity index (χ4v) is 5.63. The van der Waals surface area contributed by atoms with Crippen LogP contribution in [-0.4, -0.2) is 70.3 Å². The minimum atomic E-state index is -4.53. The molecule has 11 nitrogen and oxygen atoms in total. The highest BCUT2D eigenvalue weighted by molar-refractivity contribution is 7.90. The first-order valence-corrected chi connectivity index (χ1v) is 12.4. The van der Waals surface area contributed by atoms with Crippen LogP contribution in [0.1, 0.15) is 6.92 Å². The van der Waals surface area contributed by atoms with Gasteiger partial charge in [0.2, 0.25) is 5.91 Å².